The number of fused-ring (bicyclic) bond motifs is 1. The number of rotatable bonds is 11. The van der Waals surface area contributed by atoms with E-state index >= 15 is 0 Å². The second kappa shape index (κ2) is 11.7. The Morgan fingerprint density at radius 3 is 2.47 bits per heavy atom. The van der Waals surface area contributed by atoms with Gasteiger partial charge in [-0.15, -0.1) is 23.2 Å². The molecule has 3 rings (SSSR count). The van der Waals surface area contributed by atoms with Gasteiger partial charge in [0.05, 0.1) is 13.2 Å². The lowest BCUT2D eigenvalue weighted by atomic mass is 10.2. The van der Waals surface area contributed by atoms with Crippen LogP contribution in [0.15, 0.2) is 30.3 Å². The zero-order chi connectivity index (χ0) is 22.9. The van der Waals surface area contributed by atoms with Gasteiger partial charge in [0.25, 0.3) is 0 Å². The Balaban J connectivity index is 2.00. The summed E-state index contributed by atoms with van der Waals surface area (Å²) in [5.41, 5.74) is 7.71. The van der Waals surface area contributed by atoms with E-state index in [9.17, 15) is 4.79 Å². The number of hydrogen-bond donors (Lipinski definition) is 1. The number of anilines is 1. The summed E-state index contributed by atoms with van der Waals surface area (Å²) in [4.78, 5) is 27.1. The van der Waals surface area contributed by atoms with Gasteiger partial charge >= 0.3 is 18.1 Å². The third kappa shape index (κ3) is 5.90. The molecule has 0 aliphatic carbocycles. The van der Waals surface area contributed by atoms with E-state index in [1.54, 1.807) is 11.7 Å². The Kier molecular flexibility index (Phi) is 8.72. The minimum Gasteiger partial charge on any atom is -0.461 e. The van der Waals surface area contributed by atoms with Crippen molar-refractivity contribution in [2.45, 2.75) is 6.54 Å². The number of nitrogens with zero attached hydrogens (tertiary/aromatic N) is 5. The molecule has 0 saturated heterocycles. The molecule has 1 amide bonds. The van der Waals surface area contributed by atoms with Crippen LogP contribution in [0.2, 0.25) is 0 Å². The van der Waals surface area contributed by atoms with Gasteiger partial charge in [0, 0.05) is 32.0 Å². The quantitative estimate of drug-likeness (QED) is 0.327. The molecule has 0 fully saturated rings. The zero-order valence-corrected chi connectivity index (χ0v) is 19.1. The Morgan fingerprint density at radius 2 is 1.81 bits per heavy atom. The number of ether oxygens (including phenoxy) is 3. The molecular weight excluding hydrogens is 459 g/mol. The van der Waals surface area contributed by atoms with Gasteiger partial charge in [-0.2, -0.15) is 15.0 Å². The number of amides is 1. The molecule has 172 valence electrons. The topological polar surface area (TPSA) is 118 Å². The summed E-state index contributed by atoms with van der Waals surface area (Å²) in [6.07, 6.45) is -0.626. The van der Waals surface area contributed by atoms with Crippen LogP contribution in [0.3, 0.4) is 0 Å². The van der Waals surface area contributed by atoms with Crippen molar-refractivity contribution in [3.05, 3.63) is 35.9 Å². The van der Waals surface area contributed by atoms with Crippen molar-refractivity contribution in [3.8, 4) is 12.0 Å². The van der Waals surface area contributed by atoms with Gasteiger partial charge in [-0.1, -0.05) is 30.3 Å². The van der Waals surface area contributed by atoms with Gasteiger partial charge in [-0.25, -0.2) is 4.79 Å². The van der Waals surface area contributed by atoms with Crippen molar-refractivity contribution in [1.82, 2.24) is 24.4 Å². The van der Waals surface area contributed by atoms with Crippen LogP contribution in [0.4, 0.5) is 10.6 Å². The van der Waals surface area contributed by atoms with Crippen LogP contribution in [0.5, 0.6) is 12.0 Å². The molecule has 0 aliphatic rings. The van der Waals surface area contributed by atoms with Crippen LogP contribution in [0.25, 0.3) is 11.2 Å². The first-order valence-electron chi connectivity index (χ1n) is 9.85. The number of aromatic nitrogens is 4. The van der Waals surface area contributed by atoms with Gasteiger partial charge in [0.2, 0.25) is 0 Å². The Morgan fingerprint density at radius 1 is 1.09 bits per heavy atom. The van der Waals surface area contributed by atoms with E-state index in [2.05, 4.69) is 15.0 Å². The number of alkyl halides is 2. The van der Waals surface area contributed by atoms with Crippen molar-refractivity contribution in [2.75, 3.05) is 50.9 Å². The van der Waals surface area contributed by atoms with Crippen molar-refractivity contribution < 1.29 is 19.0 Å². The fraction of sp³-hybridized carbons (Fsp3) is 0.400. The average molecular weight is 483 g/mol. The molecule has 3 aromatic rings. The van der Waals surface area contributed by atoms with Crippen molar-refractivity contribution in [1.29, 1.82) is 0 Å². The summed E-state index contributed by atoms with van der Waals surface area (Å²) >= 11 is 11.6. The van der Waals surface area contributed by atoms with Crippen LogP contribution in [0, 0.1) is 0 Å². The molecule has 10 nitrogen and oxygen atoms in total. The molecule has 32 heavy (non-hydrogen) atoms. The molecule has 0 spiro atoms. The number of methoxy groups -OCH3 is 1. The fourth-order valence-corrected chi connectivity index (χ4v) is 3.30. The van der Waals surface area contributed by atoms with Crippen LogP contribution in [-0.2, 0) is 11.3 Å². The number of carbonyl (C=O) groups excluding carboxylic acids is 1. The molecule has 1 aromatic carbocycles. The lowest BCUT2D eigenvalue weighted by Gasteiger charge is -2.19. The van der Waals surface area contributed by atoms with Crippen LogP contribution >= 0.6 is 23.2 Å². The van der Waals surface area contributed by atoms with E-state index in [0.717, 1.165) is 5.56 Å². The molecular formula is C20H24Cl2N6O4. The SMILES string of the molecule is COCCOc1nc(N)c2nc(OC(=O)N(CCCl)CCCl)n(Cc3ccccc3)c2n1. The second-order valence-electron chi connectivity index (χ2n) is 6.60. The maximum atomic E-state index is 12.7. The van der Waals surface area contributed by atoms with Crippen molar-refractivity contribution in [2.24, 2.45) is 0 Å². The highest BCUT2D eigenvalue weighted by molar-refractivity contribution is 6.18. The zero-order valence-electron chi connectivity index (χ0n) is 17.5. The van der Waals surface area contributed by atoms with E-state index in [0.29, 0.717) is 24.3 Å². The molecule has 0 bridgehead atoms. The lowest BCUT2D eigenvalue weighted by Crippen LogP contribution is -2.37. The predicted octanol–water partition coefficient (Wildman–Crippen LogP) is 2.76. The third-order valence-corrected chi connectivity index (χ3v) is 4.75. The number of nitrogen functional groups attached to an aromatic ring is 1. The van der Waals surface area contributed by atoms with E-state index in [4.69, 9.17) is 43.1 Å². The van der Waals surface area contributed by atoms with Crippen LogP contribution < -0.4 is 15.2 Å². The number of nitrogens with two attached hydrogens (primary N) is 1. The van der Waals surface area contributed by atoms with Crippen LogP contribution in [0.1, 0.15) is 5.56 Å². The van der Waals surface area contributed by atoms with Gasteiger partial charge < -0.3 is 24.8 Å². The molecule has 2 N–H and O–H groups in total. The van der Waals surface area contributed by atoms with E-state index < -0.39 is 6.09 Å². The summed E-state index contributed by atoms with van der Waals surface area (Å²) in [6, 6.07) is 9.70. The number of hydrogen-bond acceptors (Lipinski definition) is 8. The molecule has 2 aromatic heterocycles. The Labute approximate surface area is 195 Å². The Bertz CT molecular complexity index is 1030. The summed E-state index contributed by atoms with van der Waals surface area (Å²) in [5, 5.41) is 0. The molecule has 2 heterocycles. The highest BCUT2D eigenvalue weighted by Crippen LogP contribution is 2.27. The fourth-order valence-electron chi connectivity index (χ4n) is 2.89. The van der Waals surface area contributed by atoms with Crippen molar-refractivity contribution >= 4 is 46.3 Å². The van der Waals surface area contributed by atoms with Gasteiger partial charge in [-0.3, -0.25) is 4.57 Å². The number of carbonyl (C=O) groups is 1. The third-order valence-electron chi connectivity index (χ3n) is 4.41. The largest absolute Gasteiger partial charge is 0.461 e. The highest BCUT2D eigenvalue weighted by atomic mass is 35.5. The smallest absolute Gasteiger partial charge is 0.417 e. The number of benzene rings is 1. The predicted molar refractivity (Wildman–Crippen MR) is 122 cm³/mol. The first kappa shape index (κ1) is 23.8. The Hall–Kier alpha value is -2.82. The first-order valence-corrected chi connectivity index (χ1v) is 10.9. The minimum atomic E-state index is -0.626. The molecule has 0 radical (unpaired) electrons. The lowest BCUT2D eigenvalue weighted by molar-refractivity contribution is 0.141. The molecule has 0 unspecified atom stereocenters. The first-order chi connectivity index (χ1) is 15.6. The summed E-state index contributed by atoms with van der Waals surface area (Å²) in [6.45, 7) is 1.52. The van der Waals surface area contributed by atoms with Gasteiger partial charge in [-0.05, 0) is 5.56 Å². The van der Waals surface area contributed by atoms with E-state index in [-0.39, 0.29) is 49.3 Å². The average Bonchev–Trinajstić information content (AvgIpc) is 3.12. The minimum absolute atomic E-state index is 0.0260. The summed E-state index contributed by atoms with van der Waals surface area (Å²) in [5.74, 6) is 0.588. The molecule has 12 heteroatoms. The van der Waals surface area contributed by atoms with E-state index in [1.807, 2.05) is 30.3 Å². The normalized spacial score (nSPS) is 11.0. The standard InChI is InChI=1S/C20H24Cl2N6O4/c1-30-11-12-31-18-25-16(23)15-17(26-18)28(13-14-5-3-2-4-6-14)19(24-15)32-20(29)27(9-7-21)10-8-22/h2-6H,7-13H2,1H3,(H2,23,25,26). The summed E-state index contributed by atoms with van der Waals surface area (Å²) < 4.78 is 17.7. The number of imidazole rings is 1. The monoisotopic (exact) mass is 482 g/mol. The van der Waals surface area contributed by atoms with Crippen LogP contribution in [-0.4, -0.2) is 75.7 Å². The molecule has 0 saturated carbocycles. The van der Waals surface area contributed by atoms with Crippen molar-refractivity contribution in [3.63, 3.8) is 0 Å². The maximum absolute atomic E-state index is 12.7. The second-order valence-corrected chi connectivity index (χ2v) is 7.36. The van der Waals surface area contributed by atoms with Gasteiger partial charge in [0.1, 0.15) is 6.61 Å². The molecule has 0 aliphatic heterocycles. The van der Waals surface area contributed by atoms with E-state index in [1.165, 1.54) is 4.90 Å². The summed E-state index contributed by atoms with van der Waals surface area (Å²) in [7, 11) is 1.56. The maximum Gasteiger partial charge on any atom is 0.417 e. The highest BCUT2D eigenvalue weighted by Gasteiger charge is 2.23. The number of halogens is 2. The molecule has 0 atom stereocenters. The van der Waals surface area contributed by atoms with Gasteiger partial charge in [0.15, 0.2) is 17.0 Å².